The Hall–Kier alpha value is -4.60. The first-order valence-corrected chi connectivity index (χ1v) is 12.8. The van der Waals surface area contributed by atoms with E-state index in [1.165, 1.54) is 0 Å². The second-order valence-corrected chi connectivity index (χ2v) is 10.7. The molecule has 10 nitrogen and oxygen atoms in total. The van der Waals surface area contributed by atoms with Crippen molar-refractivity contribution in [3.8, 4) is 11.7 Å². The Labute approximate surface area is 226 Å². The van der Waals surface area contributed by atoms with E-state index in [4.69, 9.17) is 20.4 Å². The first kappa shape index (κ1) is 26.0. The third-order valence-electron chi connectivity index (χ3n) is 6.57. The van der Waals surface area contributed by atoms with Crippen LogP contribution in [0.1, 0.15) is 53.6 Å². The molecule has 5 rings (SSSR count). The molecule has 3 heterocycles. The minimum Gasteiger partial charge on any atom is -0.508 e. The zero-order valence-corrected chi connectivity index (χ0v) is 22.5. The molecule has 39 heavy (non-hydrogen) atoms. The van der Waals surface area contributed by atoms with Gasteiger partial charge in [0.25, 0.3) is 0 Å². The largest absolute Gasteiger partial charge is 0.508 e. The number of phenolic OH excluding ortho intramolecular Hbond substituents is 1. The molecule has 2 aromatic carbocycles. The normalized spacial score (nSPS) is 13.3. The first-order chi connectivity index (χ1) is 18.5. The quantitative estimate of drug-likeness (QED) is 0.348. The number of fused-ring (bicyclic) bond motifs is 2. The summed E-state index contributed by atoms with van der Waals surface area (Å²) in [4.78, 5) is 36.4. The molecule has 0 aliphatic carbocycles. The van der Waals surface area contributed by atoms with Gasteiger partial charge in [0.15, 0.2) is 0 Å². The fraction of sp³-hybridized carbons (Fsp3) is 0.310. The van der Waals surface area contributed by atoms with Crippen molar-refractivity contribution < 1.29 is 19.4 Å². The van der Waals surface area contributed by atoms with Crippen molar-refractivity contribution in [3.05, 3.63) is 76.6 Å². The fourth-order valence-corrected chi connectivity index (χ4v) is 4.83. The van der Waals surface area contributed by atoms with Gasteiger partial charge in [0.05, 0.1) is 17.8 Å². The second-order valence-electron chi connectivity index (χ2n) is 10.7. The summed E-state index contributed by atoms with van der Waals surface area (Å²) in [6.07, 6.45) is 0.137. The van der Waals surface area contributed by atoms with Gasteiger partial charge in [-0.25, -0.2) is 9.78 Å². The molecule has 2 amide bonds. The lowest BCUT2D eigenvalue weighted by Crippen LogP contribution is -2.40. The highest BCUT2D eigenvalue weighted by Gasteiger charge is 2.29. The summed E-state index contributed by atoms with van der Waals surface area (Å²) >= 11 is 0. The number of nitrogens with zero attached hydrogens (tertiary/aromatic N) is 4. The number of aryl methyl sites for hydroxylation is 1. The number of phenols is 1. The summed E-state index contributed by atoms with van der Waals surface area (Å²) in [5.74, 6) is 0.709. The molecule has 1 aliphatic rings. The van der Waals surface area contributed by atoms with Gasteiger partial charge in [-0.1, -0.05) is 18.2 Å². The van der Waals surface area contributed by atoms with Gasteiger partial charge in [-0.15, -0.1) is 0 Å². The van der Waals surface area contributed by atoms with Gasteiger partial charge >= 0.3 is 6.09 Å². The number of amides is 2. The number of hydrogen-bond donors (Lipinski definition) is 3. The van der Waals surface area contributed by atoms with E-state index in [1.54, 1.807) is 35.2 Å². The Morgan fingerprint density at radius 3 is 2.62 bits per heavy atom. The van der Waals surface area contributed by atoms with Gasteiger partial charge in [0.2, 0.25) is 11.9 Å². The van der Waals surface area contributed by atoms with Crippen molar-refractivity contribution in [1.29, 1.82) is 0 Å². The van der Waals surface area contributed by atoms with E-state index < -0.39 is 11.5 Å². The zero-order valence-electron chi connectivity index (χ0n) is 22.5. The number of aromatic hydroxyl groups is 1. The predicted octanol–water partition coefficient (Wildman–Crippen LogP) is 4.44. The van der Waals surface area contributed by atoms with E-state index in [-0.39, 0.29) is 11.8 Å². The Kier molecular flexibility index (Phi) is 6.63. The molecule has 1 aliphatic heterocycles. The molecule has 0 unspecified atom stereocenters. The van der Waals surface area contributed by atoms with Crippen molar-refractivity contribution in [1.82, 2.24) is 19.4 Å². The maximum Gasteiger partial charge on any atom is 0.410 e. The zero-order chi connectivity index (χ0) is 27.9. The summed E-state index contributed by atoms with van der Waals surface area (Å²) in [6, 6.07) is 14.3. The summed E-state index contributed by atoms with van der Waals surface area (Å²) in [5.41, 5.74) is 9.58. The Bertz CT molecular complexity index is 1590. The van der Waals surface area contributed by atoms with Gasteiger partial charge in [-0.3, -0.25) is 9.36 Å². The molecular formula is C29H32N6O4. The summed E-state index contributed by atoms with van der Waals surface area (Å²) in [5, 5.41) is 14.0. The SMILES string of the molecule is Cc1cc2c(C(N)=O)cccc2n1-c1nc2c(c(NCc3cccc(O)c3)n1)CN(C(=O)OC(C)(C)C)CC2. The van der Waals surface area contributed by atoms with E-state index in [0.29, 0.717) is 43.4 Å². The van der Waals surface area contributed by atoms with Gasteiger partial charge in [-0.2, -0.15) is 4.98 Å². The molecule has 0 saturated carbocycles. The van der Waals surface area contributed by atoms with Crippen molar-refractivity contribution in [3.63, 3.8) is 0 Å². The number of carbonyl (C=O) groups excluding carboxylic acids is 2. The van der Waals surface area contributed by atoms with Gasteiger partial charge in [-0.05, 0) is 63.6 Å². The lowest BCUT2D eigenvalue weighted by atomic mass is 10.1. The van der Waals surface area contributed by atoms with E-state index >= 15 is 0 Å². The van der Waals surface area contributed by atoms with Crippen LogP contribution in [0.25, 0.3) is 16.9 Å². The van der Waals surface area contributed by atoms with E-state index in [9.17, 15) is 14.7 Å². The number of benzene rings is 2. The van der Waals surface area contributed by atoms with Crippen LogP contribution in [0.3, 0.4) is 0 Å². The topological polar surface area (TPSA) is 136 Å². The Balaban J connectivity index is 1.58. The average molecular weight is 529 g/mol. The molecule has 202 valence electrons. The maximum atomic E-state index is 12.9. The van der Waals surface area contributed by atoms with Crippen LogP contribution in [0.15, 0.2) is 48.5 Å². The highest BCUT2D eigenvalue weighted by molar-refractivity contribution is 6.06. The lowest BCUT2D eigenvalue weighted by Gasteiger charge is -2.31. The molecule has 4 N–H and O–H groups in total. The number of nitrogens with one attached hydrogen (secondary N) is 1. The smallest absolute Gasteiger partial charge is 0.410 e. The van der Waals surface area contributed by atoms with Crippen LogP contribution in [-0.4, -0.2) is 48.7 Å². The fourth-order valence-electron chi connectivity index (χ4n) is 4.83. The molecule has 0 saturated heterocycles. The number of primary amides is 1. The third-order valence-corrected chi connectivity index (χ3v) is 6.57. The van der Waals surface area contributed by atoms with Crippen LogP contribution < -0.4 is 11.1 Å². The number of nitrogens with two attached hydrogens (primary N) is 1. The summed E-state index contributed by atoms with van der Waals surface area (Å²) < 4.78 is 7.51. The van der Waals surface area contributed by atoms with E-state index in [1.807, 2.05) is 50.5 Å². The molecule has 4 aromatic rings. The van der Waals surface area contributed by atoms with Gasteiger partial charge in [0.1, 0.15) is 17.2 Å². The van der Waals surface area contributed by atoms with Crippen molar-refractivity contribution in [2.75, 3.05) is 11.9 Å². The standard InChI is InChI=1S/C29H32N6O4/c1-17-13-21-20(25(30)37)9-6-10-24(21)35(17)27-32-23-11-12-34(28(38)39-29(2,3)4)16-22(23)26(33-27)31-15-18-7-5-8-19(36)14-18/h5-10,13-14,36H,11-12,15-16H2,1-4H3,(H2,30,37)(H,31,32,33). The van der Waals surface area contributed by atoms with Crippen molar-refractivity contribution >= 4 is 28.7 Å². The number of carbonyl (C=O) groups is 2. The molecule has 0 bridgehead atoms. The molecule has 2 aromatic heterocycles. The van der Waals surface area contributed by atoms with E-state index in [0.717, 1.165) is 33.4 Å². The third kappa shape index (κ3) is 5.36. The Morgan fingerprint density at radius 1 is 1.13 bits per heavy atom. The van der Waals surface area contributed by atoms with Gasteiger partial charge < -0.3 is 25.8 Å². The molecule has 0 radical (unpaired) electrons. The number of aromatic nitrogens is 3. The number of rotatable bonds is 5. The second kappa shape index (κ2) is 9.94. The molecule has 0 spiro atoms. The minimum atomic E-state index is -0.606. The average Bonchev–Trinajstić information content (AvgIpc) is 3.21. The monoisotopic (exact) mass is 528 g/mol. The molecule has 0 fully saturated rings. The summed E-state index contributed by atoms with van der Waals surface area (Å²) in [7, 11) is 0. The minimum absolute atomic E-state index is 0.176. The van der Waals surface area contributed by atoms with Crippen LogP contribution in [0, 0.1) is 6.92 Å². The highest BCUT2D eigenvalue weighted by Crippen LogP contribution is 2.30. The maximum absolute atomic E-state index is 12.9. The van der Waals surface area contributed by atoms with Crippen LogP contribution in [0.4, 0.5) is 10.6 Å². The van der Waals surface area contributed by atoms with Crippen molar-refractivity contribution in [2.24, 2.45) is 5.73 Å². The van der Waals surface area contributed by atoms with Crippen LogP contribution >= 0.6 is 0 Å². The highest BCUT2D eigenvalue weighted by atomic mass is 16.6. The molecule has 0 atom stereocenters. The lowest BCUT2D eigenvalue weighted by molar-refractivity contribution is 0.0223. The number of anilines is 1. The molecular weight excluding hydrogens is 496 g/mol. The molecule has 10 heteroatoms. The summed E-state index contributed by atoms with van der Waals surface area (Å²) in [6.45, 7) is 8.61. The van der Waals surface area contributed by atoms with E-state index in [2.05, 4.69) is 5.32 Å². The van der Waals surface area contributed by atoms with Gasteiger partial charge in [0, 0.05) is 41.7 Å². The van der Waals surface area contributed by atoms with Crippen LogP contribution in [0.5, 0.6) is 5.75 Å². The number of hydrogen-bond acceptors (Lipinski definition) is 7. The van der Waals surface area contributed by atoms with Crippen molar-refractivity contribution in [2.45, 2.75) is 52.8 Å². The first-order valence-electron chi connectivity index (χ1n) is 12.8. The number of ether oxygens (including phenoxy) is 1. The Morgan fingerprint density at radius 2 is 1.90 bits per heavy atom. The van der Waals surface area contributed by atoms with Crippen LogP contribution in [-0.2, 0) is 24.2 Å². The van der Waals surface area contributed by atoms with Crippen LogP contribution in [0.2, 0.25) is 0 Å². The predicted molar refractivity (Wildman–Crippen MR) is 148 cm³/mol.